The highest BCUT2D eigenvalue weighted by Gasteiger charge is 2.08. The molecule has 102 valence electrons. The van der Waals surface area contributed by atoms with Gasteiger partial charge in [0, 0.05) is 17.1 Å². The van der Waals surface area contributed by atoms with E-state index >= 15 is 0 Å². The van der Waals surface area contributed by atoms with Crippen LogP contribution in [0.3, 0.4) is 0 Å². The minimum absolute atomic E-state index is 0.401. The normalized spacial score (nSPS) is 12.8. The molecule has 19 heavy (non-hydrogen) atoms. The van der Waals surface area contributed by atoms with Crippen molar-refractivity contribution in [1.82, 2.24) is 9.97 Å². The van der Waals surface area contributed by atoms with Crippen LogP contribution in [0.25, 0.3) is 10.9 Å². The smallest absolute Gasteiger partial charge is 0.137 e. The second kappa shape index (κ2) is 5.87. The summed E-state index contributed by atoms with van der Waals surface area (Å²) in [5, 5.41) is 4.49. The zero-order valence-corrected chi connectivity index (χ0v) is 11.9. The first-order chi connectivity index (χ1) is 9.06. The summed E-state index contributed by atoms with van der Waals surface area (Å²) in [7, 11) is 0. The van der Waals surface area contributed by atoms with Crippen molar-refractivity contribution in [3.05, 3.63) is 24.5 Å². The molecule has 2 rings (SSSR count). The Balaban J connectivity index is 2.16. The van der Waals surface area contributed by atoms with Crippen molar-refractivity contribution in [2.24, 2.45) is 5.92 Å². The molecule has 0 aliphatic carbocycles. The standard InChI is InChI=1S/C15H22N4/c1-10(2)4-5-11(3)19-15-13-7-6-12(16)8-14(13)17-9-18-15/h6-11H,4-5,16H2,1-3H3,(H,17,18,19). The van der Waals surface area contributed by atoms with Crippen LogP contribution in [0.2, 0.25) is 0 Å². The van der Waals surface area contributed by atoms with Gasteiger partial charge >= 0.3 is 0 Å². The zero-order chi connectivity index (χ0) is 13.8. The van der Waals surface area contributed by atoms with Gasteiger partial charge in [0.05, 0.1) is 5.52 Å². The Bertz CT molecular complexity index is 551. The SMILES string of the molecule is CC(C)CCC(C)Nc1ncnc2cc(N)ccc12. The fourth-order valence-corrected chi connectivity index (χ4v) is 2.08. The Labute approximate surface area is 114 Å². The number of nitrogens with two attached hydrogens (primary N) is 1. The maximum Gasteiger partial charge on any atom is 0.137 e. The van der Waals surface area contributed by atoms with Gasteiger partial charge in [-0.1, -0.05) is 13.8 Å². The Kier molecular flexibility index (Phi) is 4.20. The largest absolute Gasteiger partial charge is 0.399 e. The number of fused-ring (bicyclic) bond motifs is 1. The number of nitrogens with one attached hydrogen (secondary N) is 1. The number of aromatic nitrogens is 2. The van der Waals surface area contributed by atoms with Crippen LogP contribution in [0, 0.1) is 5.92 Å². The highest BCUT2D eigenvalue weighted by atomic mass is 15.0. The van der Waals surface area contributed by atoms with Gasteiger partial charge in [0.2, 0.25) is 0 Å². The van der Waals surface area contributed by atoms with Crippen molar-refractivity contribution < 1.29 is 0 Å². The molecule has 3 N–H and O–H groups in total. The molecule has 4 heteroatoms. The van der Waals surface area contributed by atoms with Crippen LogP contribution in [0.1, 0.15) is 33.6 Å². The van der Waals surface area contributed by atoms with E-state index < -0.39 is 0 Å². The average molecular weight is 258 g/mol. The summed E-state index contributed by atoms with van der Waals surface area (Å²) in [4.78, 5) is 8.59. The number of nitrogens with zero attached hydrogens (tertiary/aromatic N) is 2. The van der Waals surface area contributed by atoms with Crippen molar-refractivity contribution in [1.29, 1.82) is 0 Å². The topological polar surface area (TPSA) is 63.8 Å². The van der Waals surface area contributed by atoms with Crippen molar-refractivity contribution in [3.63, 3.8) is 0 Å². The molecule has 0 radical (unpaired) electrons. The molecule has 4 nitrogen and oxygen atoms in total. The van der Waals surface area contributed by atoms with E-state index in [0.717, 1.165) is 34.7 Å². The van der Waals surface area contributed by atoms with Crippen molar-refractivity contribution >= 4 is 22.4 Å². The van der Waals surface area contributed by atoms with Crippen LogP contribution < -0.4 is 11.1 Å². The minimum Gasteiger partial charge on any atom is -0.399 e. The summed E-state index contributed by atoms with van der Waals surface area (Å²) in [5.41, 5.74) is 7.39. The monoisotopic (exact) mass is 258 g/mol. The van der Waals surface area contributed by atoms with Gasteiger partial charge in [0.1, 0.15) is 12.1 Å². The number of benzene rings is 1. The molecular formula is C15H22N4. The van der Waals surface area contributed by atoms with Crippen LogP contribution in [0.15, 0.2) is 24.5 Å². The average Bonchev–Trinajstić information content (AvgIpc) is 2.36. The lowest BCUT2D eigenvalue weighted by Gasteiger charge is -2.16. The van der Waals surface area contributed by atoms with E-state index in [0.29, 0.717) is 6.04 Å². The van der Waals surface area contributed by atoms with Crippen LogP contribution in [0.4, 0.5) is 11.5 Å². The Morgan fingerprint density at radius 2 is 1.95 bits per heavy atom. The van der Waals surface area contributed by atoms with Gasteiger partial charge in [0.25, 0.3) is 0 Å². The first kappa shape index (κ1) is 13.6. The van der Waals surface area contributed by atoms with E-state index in [9.17, 15) is 0 Å². The zero-order valence-electron chi connectivity index (χ0n) is 11.9. The van der Waals surface area contributed by atoms with Crippen molar-refractivity contribution in [3.8, 4) is 0 Å². The second-order valence-electron chi connectivity index (χ2n) is 5.52. The van der Waals surface area contributed by atoms with Crippen LogP contribution in [0.5, 0.6) is 0 Å². The number of nitrogen functional groups attached to an aromatic ring is 1. The number of hydrogen-bond donors (Lipinski definition) is 2. The summed E-state index contributed by atoms with van der Waals surface area (Å²) < 4.78 is 0. The van der Waals surface area contributed by atoms with Gasteiger partial charge in [-0.15, -0.1) is 0 Å². The molecule has 0 amide bonds. The highest BCUT2D eigenvalue weighted by molar-refractivity contribution is 5.90. The molecule has 0 aliphatic heterocycles. The lowest BCUT2D eigenvalue weighted by atomic mass is 10.0. The van der Waals surface area contributed by atoms with E-state index in [1.807, 2.05) is 18.2 Å². The number of hydrogen-bond acceptors (Lipinski definition) is 4. The molecule has 0 spiro atoms. The highest BCUT2D eigenvalue weighted by Crippen LogP contribution is 2.22. The Hall–Kier alpha value is -1.84. The van der Waals surface area contributed by atoms with Gasteiger partial charge in [-0.25, -0.2) is 9.97 Å². The van der Waals surface area contributed by atoms with E-state index in [2.05, 4.69) is 36.1 Å². The Morgan fingerprint density at radius 1 is 1.16 bits per heavy atom. The summed E-state index contributed by atoms with van der Waals surface area (Å²) in [5.74, 6) is 1.62. The number of rotatable bonds is 5. The van der Waals surface area contributed by atoms with Crippen molar-refractivity contribution in [2.45, 2.75) is 39.7 Å². The first-order valence-corrected chi connectivity index (χ1v) is 6.83. The lowest BCUT2D eigenvalue weighted by Crippen LogP contribution is -2.17. The molecule has 1 heterocycles. The predicted octanol–water partition coefficient (Wildman–Crippen LogP) is 3.45. The molecule has 1 unspecified atom stereocenters. The summed E-state index contributed by atoms with van der Waals surface area (Å²) >= 11 is 0. The third-order valence-corrected chi connectivity index (χ3v) is 3.22. The molecule has 0 saturated carbocycles. The van der Waals surface area contributed by atoms with Crippen LogP contribution in [-0.2, 0) is 0 Å². The van der Waals surface area contributed by atoms with E-state index in [-0.39, 0.29) is 0 Å². The van der Waals surface area contributed by atoms with Gasteiger partial charge < -0.3 is 11.1 Å². The lowest BCUT2D eigenvalue weighted by molar-refractivity contribution is 0.527. The fraction of sp³-hybridized carbons (Fsp3) is 0.467. The van der Waals surface area contributed by atoms with Crippen molar-refractivity contribution in [2.75, 3.05) is 11.1 Å². The van der Waals surface area contributed by atoms with Gasteiger partial charge in [0.15, 0.2) is 0 Å². The van der Waals surface area contributed by atoms with Gasteiger partial charge in [-0.2, -0.15) is 0 Å². The second-order valence-corrected chi connectivity index (χ2v) is 5.52. The molecular weight excluding hydrogens is 236 g/mol. The molecule has 0 aliphatic rings. The van der Waals surface area contributed by atoms with E-state index in [1.54, 1.807) is 6.33 Å². The molecule has 1 aromatic heterocycles. The molecule has 2 aromatic rings. The van der Waals surface area contributed by atoms with E-state index in [1.165, 1.54) is 6.42 Å². The third kappa shape index (κ3) is 3.56. The minimum atomic E-state index is 0.401. The molecule has 1 atom stereocenters. The quantitative estimate of drug-likeness (QED) is 0.806. The predicted molar refractivity (Wildman–Crippen MR) is 81.1 cm³/mol. The summed E-state index contributed by atoms with van der Waals surface area (Å²) in [6.45, 7) is 6.68. The number of anilines is 2. The maximum absolute atomic E-state index is 5.78. The van der Waals surface area contributed by atoms with Gasteiger partial charge in [-0.3, -0.25) is 0 Å². The molecule has 1 aromatic carbocycles. The van der Waals surface area contributed by atoms with Crippen LogP contribution in [-0.4, -0.2) is 16.0 Å². The third-order valence-electron chi connectivity index (χ3n) is 3.22. The summed E-state index contributed by atoms with van der Waals surface area (Å²) in [6.07, 6.45) is 3.93. The van der Waals surface area contributed by atoms with Gasteiger partial charge in [-0.05, 0) is 43.9 Å². The first-order valence-electron chi connectivity index (χ1n) is 6.83. The molecule has 0 fully saturated rings. The molecule has 0 bridgehead atoms. The molecule has 0 saturated heterocycles. The van der Waals surface area contributed by atoms with Crippen LogP contribution >= 0.6 is 0 Å². The Morgan fingerprint density at radius 3 is 2.68 bits per heavy atom. The maximum atomic E-state index is 5.78. The summed E-state index contributed by atoms with van der Waals surface area (Å²) in [6, 6.07) is 6.14. The van der Waals surface area contributed by atoms with E-state index in [4.69, 9.17) is 5.73 Å². The fourth-order valence-electron chi connectivity index (χ4n) is 2.08.